The van der Waals surface area contributed by atoms with Gasteiger partial charge in [0.15, 0.2) is 0 Å². The van der Waals surface area contributed by atoms with E-state index in [1.165, 1.54) is 32.4 Å². The molecule has 0 bridgehead atoms. The van der Waals surface area contributed by atoms with Crippen LogP contribution in [-0.2, 0) is 9.53 Å². The predicted octanol–water partition coefficient (Wildman–Crippen LogP) is -1.34. The Morgan fingerprint density at radius 2 is 1.23 bits per heavy atom. The van der Waals surface area contributed by atoms with Crippen molar-refractivity contribution in [3.63, 3.8) is 0 Å². The van der Waals surface area contributed by atoms with Gasteiger partial charge in [0.05, 0.1) is 51.8 Å². The van der Waals surface area contributed by atoms with Crippen molar-refractivity contribution in [2.45, 2.75) is 84.3 Å². The van der Waals surface area contributed by atoms with E-state index in [-0.39, 0.29) is 32.5 Å². The van der Waals surface area contributed by atoms with Crippen LogP contribution in [0.25, 0.3) is 0 Å². The molecule has 21 heteroatoms. The van der Waals surface area contributed by atoms with Crippen molar-refractivity contribution in [1.82, 2.24) is 37.2 Å². The van der Waals surface area contributed by atoms with Crippen molar-refractivity contribution >= 4 is 31.0 Å². The highest BCUT2D eigenvalue weighted by Gasteiger charge is 2.07. The van der Waals surface area contributed by atoms with Crippen molar-refractivity contribution < 1.29 is 50.5 Å². The van der Waals surface area contributed by atoms with Crippen LogP contribution in [0, 0.1) is 10.1 Å². The first kappa shape index (κ1) is 67.8. The quantitative estimate of drug-likeness (QED) is 0.0495. The molecule has 1 atom stereocenters. The van der Waals surface area contributed by atoms with Gasteiger partial charge in [0.1, 0.15) is 5.78 Å². The molecule has 57 heavy (non-hydrogen) atoms. The number of nitrogens with zero attached hydrogens (tertiary/aromatic N) is 1. The van der Waals surface area contributed by atoms with Gasteiger partial charge in [-0.25, -0.2) is 0 Å². The molecule has 4 fully saturated rings. The van der Waals surface area contributed by atoms with Crippen LogP contribution in [0.3, 0.4) is 0 Å². The second kappa shape index (κ2) is 69.6. The molecule has 0 aliphatic carbocycles. The molecule has 0 spiro atoms. The van der Waals surface area contributed by atoms with Gasteiger partial charge in [-0.1, -0.05) is 27.2 Å². The summed E-state index contributed by atoms with van der Waals surface area (Å²) in [7, 11) is 1.80. The fourth-order valence-corrected chi connectivity index (χ4v) is 3.75. The number of ketones is 1. The van der Waals surface area contributed by atoms with Crippen LogP contribution < -0.4 is 37.2 Å². The summed E-state index contributed by atoms with van der Waals surface area (Å²) in [6.45, 7) is 21.5. The largest absolute Gasteiger partial charge is 0.396 e. The molecule has 0 saturated carbocycles. The van der Waals surface area contributed by atoms with E-state index in [2.05, 4.69) is 83.2 Å². The van der Waals surface area contributed by atoms with Crippen LogP contribution in [-0.4, -0.2) is 202 Å². The predicted molar refractivity (Wildman–Crippen MR) is 238 cm³/mol. The smallest absolute Gasteiger partial charge is 0.291 e. The van der Waals surface area contributed by atoms with Gasteiger partial charge < -0.3 is 77.8 Å². The number of hydrogen-bond donors (Lipinski definition) is 16. The number of aliphatic hydroxyl groups excluding tert-OH is 6. The molecule has 350 valence electrons. The minimum Gasteiger partial charge on any atom is -0.396 e. The molecule has 19 nitrogen and oxygen atoms in total. The summed E-state index contributed by atoms with van der Waals surface area (Å²) in [5.74, 6) is 1.30. The lowest BCUT2D eigenvalue weighted by molar-refractivity contribution is -0.742. The van der Waals surface area contributed by atoms with E-state index in [4.69, 9.17) is 50.7 Å². The number of carbonyl (C=O) groups excluding carboxylic acids is 1. The van der Waals surface area contributed by atoms with E-state index in [0.29, 0.717) is 23.8 Å². The molecule has 4 aliphatic rings. The van der Waals surface area contributed by atoms with Gasteiger partial charge >= 0.3 is 0 Å². The fraction of sp³-hybridized carbons (Fsp3) is 0.972. The van der Waals surface area contributed by atoms with Gasteiger partial charge in [-0.2, -0.15) is 25.3 Å². The molecular weight excluding hydrogens is 785 g/mol. The third kappa shape index (κ3) is 96.6. The molecule has 0 aromatic rings. The van der Waals surface area contributed by atoms with Crippen LogP contribution >= 0.6 is 25.3 Å². The fourth-order valence-electron chi connectivity index (χ4n) is 3.63. The number of nitrogens with one attached hydrogen (secondary N) is 7. The normalized spacial score (nSPS) is 16.0. The van der Waals surface area contributed by atoms with Crippen molar-refractivity contribution in [3.05, 3.63) is 10.1 Å². The van der Waals surface area contributed by atoms with Gasteiger partial charge in [-0.15, -0.1) is 10.1 Å². The zero-order valence-corrected chi connectivity index (χ0v) is 37.6. The Bertz CT molecular complexity index is 629. The van der Waals surface area contributed by atoms with E-state index < -0.39 is 11.2 Å². The van der Waals surface area contributed by atoms with E-state index >= 15 is 0 Å². The zero-order chi connectivity index (χ0) is 44.5. The second-order valence-corrected chi connectivity index (χ2v) is 12.7. The Balaban J connectivity index is -0.000000128. The number of Topliss-reactive ketones (excluding diaryl/α,β-unsaturated/α-hetero) is 1. The molecule has 0 radical (unpaired) electrons. The average Bonchev–Trinajstić information content (AvgIpc) is 3.25. The average molecular weight is 873 g/mol. The molecule has 4 saturated heterocycles. The lowest BCUT2D eigenvalue weighted by atomic mass is 10.1. The maximum atomic E-state index is 10.4. The SMILES string of the molecule is C1CCNCC1.C1COCCN1.CCCNCCO.CCNCC.CNCCO.O=C1CCNCC1.O=[N+]([O-])O.OC1CCNCC1.OCC(O)CS.OCCS. The number of likely N-dealkylation sites (N-methyl/N-ethyl adjacent to an activating group) is 1. The Labute approximate surface area is 355 Å². The van der Waals surface area contributed by atoms with Gasteiger partial charge in [-0.05, 0) is 85.0 Å². The minimum atomic E-state index is -1.50. The number of piperidine rings is 3. The molecule has 0 aromatic carbocycles. The maximum absolute atomic E-state index is 10.4. The molecule has 4 heterocycles. The van der Waals surface area contributed by atoms with Crippen molar-refractivity contribution in [1.29, 1.82) is 0 Å². The lowest BCUT2D eigenvalue weighted by Gasteiger charge is -2.16. The van der Waals surface area contributed by atoms with E-state index in [0.717, 1.165) is 111 Å². The number of aliphatic hydroxyl groups is 6. The number of carbonyl (C=O) groups is 1. The third-order valence-corrected chi connectivity index (χ3v) is 7.24. The van der Waals surface area contributed by atoms with Crippen LogP contribution in [0.15, 0.2) is 0 Å². The van der Waals surface area contributed by atoms with Gasteiger partial charge in [0.25, 0.3) is 5.09 Å². The van der Waals surface area contributed by atoms with Gasteiger partial charge in [-0.3, -0.25) is 4.79 Å². The highest BCUT2D eigenvalue weighted by atomic mass is 32.1. The summed E-state index contributed by atoms with van der Waals surface area (Å²) in [6, 6.07) is 0. The number of morpholine rings is 1. The lowest BCUT2D eigenvalue weighted by Crippen LogP contribution is -2.30. The third-order valence-electron chi connectivity index (χ3n) is 6.62. The molecule has 4 rings (SSSR count). The first-order valence-corrected chi connectivity index (χ1v) is 21.6. The van der Waals surface area contributed by atoms with Crippen molar-refractivity contribution in [2.24, 2.45) is 0 Å². The Morgan fingerprint density at radius 1 is 0.772 bits per heavy atom. The molecule has 0 aromatic heterocycles. The van der Waals surface area contributed by atoms with Crippen LogP contribution in [0.4, 0.5) is 0 Å². The number of thiol groups is 2. The molecular formula is C36H88N8O11S2. The first-order valence-electron chi connectivity index (χ1n) is 20.3. The molecule has 0 amide bonds. The standard InChI is InChI=1S/C5H11NO.C5H9NO.C5H13NO.C5H11N.C4H9NO.C4H11N.C3H9NO.C3H8O2S.C2H6OS.HNO3/c2*7-5-1-3-6-4-2-5;1-2-3-6-4-5-7;1-2-4-6-5-3-1;1-3-6-4-2-5-1;1-3-5-4-2;1-4-2-3-5;4-1-3(5)2-6;3-1-2-4;2-1(3)4/h5-7H,1-4H2;6H,1-4H2;6-7H,2-5H2,1H3;6H,1-5H2;5H,1-4H2;5H,3-4H2,1-2H3;4-5H,2-3H2,1H3;3-6H,1-2H2;3-4H,1-2H2;(H,2,3,4). The zero-order valence-electron chi connectivity index (χ0n) is 35.8. The van der Waals surface area contributed by atoms with Crippen molar-refractivity contribution in [3.8, 4) is 0 Å². The van der Waals surface area contributed by atoms with E-state index in [1.54, 1.807) is 7.05 Å². The number of rotatable bonds is 11. The Hall–Kier alpha value is -0.990. The van der Waals surface area contributed by atoms with Crippen molar-refractivity contribution in [2.75, 3.05) is 143 Å². The Kier molecular flexibility index (Phi) is 82.8. The summed E-state index contributed by atoms with van der Waals surface area (Å²) < 4.78 is 5.01. The van der Waals surface area contributed by atoms with Crippen LogP contribution in [0.2, 0.25) is 0 Å². The monoisotopic (exact) mass is 873 g/mol. The summed E-state index contributed by atoms with van der Waals surface area (Å²) >= 11 is 7.36. The summed E-state index contributed by atoms with van der Waals surface area (Å²) in [6.07, 6.45) is 8.02. The summed E-state index contributed by atoms with van der Waals surface area (Å²) in [5.41, 5.74) is 0. The van der Waals surface area contributed by atoms with E-state index in [1.807, 2.05) is 0 Å². The topological polar surface area (TPSA) is 295 Å². The maximum Gasteiger partial charge on any atom is 0.291 e. The van der Waals surface area contributed by atoms with E-state index in [9.17, 15) is 4.79 Å². The highest BCUT2D eigenvalue weighted by Crippen LogP contribution is 1.99. The molecule has 1 unspecified atom stereocenters. The summed E-state index contributed by atoms with van der Waals surface area (Å²) in [5, 5.41) is 84.5. The molecule has 4 aliphatic heterocycles. The minimum absolute atomic E-state index is 0.0266. The van der Waals surface area contributed by atoms with Gasteiger partial charge in [0.2, 0.25) is 0 Å². The highest BCUT2D eigenvalue weighted by molar-refractivity contribution is 7.80. The van der Waals surface area contributed by atoms with Crippen LogP contribution in [0.5, 0.6) is 0 Å². The molecule has 14 N–H and O–H groups in total. The first-order chi connectivity index (χ1) is 27.5. The second-order valence-electron chi connectivity index (χ2n) is 11.9. The number of hydrogen-bond acceptors (Lipinski definition) is 19. The van der Waals surface area contributed by atoms with Crippen LogP contribution in [0.1, 0.15) is 72.1 Å². The van der Waals surface area contributed by atoms with Gasteiger partial charge in [0, 0.05) is 63.6 Å². The Morgan fingerprint density at radius 3 is 1.39 bits per heavy atom. The summed E-state index contributed by atoms with van der Waals surface area (Å²) in [4.78, 5) is 18.8. The number of ether oxygens (including phenoxy) is 1.